The van der Waals surface area contributed by atoms with Gasteiger partial charge in [-0.25, -0.2) is 0 Å². The van der Waals surface area contributed by atoms with Crippen LogP contribution in [0.1, 0.15) is 5.56 Å². The second-order valence-corrected chi connectivity index (χ2v) is 5.11. The molecule has 3 aromatic rings. The summed E-state index contributed by atoms with van der Waals surface area (Å²) in [5, 5.41) is 15.7. The van der Waals surface area contributed by atoms with E-state index in [2.05, 4.69) is 44.5 Å². The summed E-state index contributed by atoms with van der Waals surface area (Å²) in [7, 11) is 1.95. The molecule has 1 N–H and O–H groups in total. The van der Waals surface area contributed by atoms with Gasteiger partial charge in [-0.3, -0.25) is 0 Å². The molecular formula is C14H14N4S. The zero-order valence-corrected chi connectivity index (χ0v) is 11.4. The summed E-state index contributed by atoms with van der Waals surface area (Å²) in [5.74, 6) is 0.874. The van der Waals surface area contributed by atoms with E-state index in [0.717, 1.165) is 23.6 Å². The molecule has 0 aliphatic carbocycles. The maximum absolute atomic E-state index is 4.12. The molecule has 0 fully saturated rings. The molecule has 5 heteroatoms. The fourth-order valence-electron chi connectivity index (χ4n) is 1.91. The van der Waals surface area contributed by atoms with Crippen molar-refractivity contribution < 1.29 is 0 Å². The van der Waals surface area contributed by atoms with E-state index in [4.69, 9.17) is 0 Å². The fraction of sp³-hybridized carbons (Fsp3) is 0.143. The number of aromatic nitrogens is 3. The van der Waals surface area contributed by atoms with Crippen LogP contribution in [0.15, 0.2) is 47.4 Å². The lowest BCUT2D eigenvalue weighted by Gasteiger charge is -2.07. The van der Waals surface area contributed by atoms with Gasteiger partial charge in [-0.15, -0.1) is 10.2 Å². The first-order valence-corrected chi connectivity index (χ1v) is 6.96. The Balaban J connectivity index is 1.78. The van der Waals surface area contributed by atoms with E-state index in [9.17, 15) is 0 Å². The lowest BCUT2D eigenvalue weighted by atomic mass is 10.2. The van der Waals surface area contributed by atoms with E-state index < -0.39 is 0 Å². The van der Waals surface area contributed by atoms with Gasteiger partial charge in [-0.1, -0.05) is 12.1 Å². The Morgan fingerprint density at radius 3 is 3.00 bits per heavy atom. The summed E-state index contributed by atoms with van der Waals surface area (Å²) in [5.41, 5.74) is 3.45. The van der Waals surface area contributed by atoms with Crippen molar-refractivity contribution in [3.05, 3.63) is 53.0 Å². The van der Waals surface area contributed by atoms with E-state index in [0.29, 0.717) is 0 Å². The molecule has 19 heavy (non-hydrogen) atoms. The predicted octanol–water partition coefficient (Wildman–Crippen LogP) is 3.16. The van der Waals surface area contributed by atoms with Crippen LogP contribution < -0.4 is 5.32 Å². The first kappa shape index (κ1) is 11.9. The fourth-order valence-corrected chi connectivity index (χ4v) is 2.58. The van der Waals surface area contributed by atoms with Gasteiger partial charge < -0.3 is 9.88 Å². The predicted molar refractivity (Wildman–Crippen MR) is 78.1 cm³/mol. The normalized spacial score (nSPS) is 10.6. The Hall–Kier alpha value is -2.14. The van der Waals surface area contributed by atoms with Crippen molar-refractivity contribution in [2.24, 2.45) is 7.05 Å². The van der Waals surface area contributed by atoms with Gasteiger partial charge in [-0.2, -0.15) is 11.3 Å². The lowest BCUT2D eigenvalue weighted by Crippen LogP contribution is -1.98. The number of nitrogens with zero attached hydrogens (tertiary/aromatic N) is 3. The minimum Gasteiger partial charge on any atom is -0.381 e. The summed E-state index contributed by atoms with van der Waals surface area (Å²) >= 11 is 1.72. The number of hydrogen-bond acceptors (Lipinski definition) is 4. The summed E-state index contributed by atoms with van der Waals surface area (Å²) in [6.45, 7) is 0.839. The topological polar surface area (TPSA) is 42.7 Å². The van der Waals surface area contributed by atoms with Crippen molar-refractivity contribution in [3.63, 3.8) is 0 Å². The minimum atomic E-state index is 0.839. The molecule has 96 valence electrons. The SMILES string of the molecule is Cn1cnnc1-c1cccc(NCc2ccsc2)c1. The molecule has 2 heterocycles. The molecule has 0 spiro atoms. The molecule has 0 unspecified atom stereocenters. The van der Waals surface area contributed by atoms with Gasteiger partial charge in [0.1, 0.15) is 6.33 Å². The highest BCUT2D eigenvalue weighted by molar-refractivity contribution is 7.07. The third-order valence-electron chi connectivity index (χ3n) is 2.91. The van der Waals surface area contributed by atoms with Gasteiger partial charge in [0.2, 0.25) is 0 Å². The summed E-state index contributed by atoms with van der Waals surface area (Å²) in [6.07, 6.45) is 1.71. The monoisotopic (exact) mass is 270 g/mol. The summed E-state index contributed by atoms with van der Waals surface area (Å²) < 4.78 is 1.91. The van der Waals surface area contributed by atoms with Gasteiger partial charge >= 0.3 is 0 Å². The number of nitrogens with one attached hydrogen (secondary N) is 1. The molecule has 0 saturated carbocycles. The van der Waals surface area contributed by atoms with Crippen LogP contribution >= 0.6 is 11.3 Å². The number of benzene rings is 1. The van der Waals surface area contributed by atoms with E-state index in [1.54, 1.807) is 17.7 Å². The van der Waals surface area contributed by atoms with Crippen LogP contribution in [0.3, 0.4) is 0 Å². The highest BCUT2D eigenvalue weighted by atomic mass is 32.1. The molecule has 0 aliphatic heterocycles. The molecule has 0 radical (unpaired) electrons. The molecule has 0 bridgehead atoms. The Bertz CT molecular complexity index is 658. The maximum Gasteiger partial charge on any atom is 0.163 e. The number of anilines is 1. The van der Waals surface area contributed by atoms with Crippen LogP contribution in [0.25, 0.3) is 11.4 Å². The number of aryl methyl sites for hydroxylation is 1. The molecule has 0 aliphatic rings. The minimum absolute atomic E-state index is 0.839. The zero-order chi connectivity index (χ0) is 13.1. The van der Waals surface area contributed by atoms with Crippen molar-refractivity contribution in [2.75, 3.05) is 5.32 Å². The highest BCUT2D eigenvalue weighted by Crippen LogP contribution is 2.20. The average Bonchev–Trinajstić information content (AvgIpc) is 3.08. The van der Waals surface area contributed by atoms with Crippen molar-refractivity contribution >= 4 is 17.0 Å². The van der Waals surface area contributed by atoms with Crippen molar-refractivity contribution in [1.82, 2.24) is 14.8 Å². The van der Waals surface area contributed by atoms with Crippen LogP contribution in [-0.4, -0.2) is 14.8 Å². The van der Waals surface area contributed by atoms with Crippen LogP contribution in [0.4, 0.5) is 5.69 Å². The van der Waals surface area contributed by atoms with Gasteiger partial charge in [0.05, 0.1) is 0 Å². The smallest absolute Gasteiger partial charge is 0.163 e. The second kappa shape index (κ2) is 5.24. The highest BCUT2D eigenvalue weighted by Gasteiger charge is 2.04. The molecule has 0 saturated heterocycles. The Morgan fingerprint density at radius 2 is 2.26 bits per heavy atom. The summed E-state index contributed by atoms with van der Waals surface area (Å²) in [6, 6.07) is 10.4. The van der Waals surface area contributed by atoms with Crippen LogP contribution in [0, 0.1) is 0 Å². The van der Waals surface area contributed by atoms with Gasteiger partial charge in [0.25, 0.3) is 0 Å². The Morgan fingerprint density at radius 1 is 1.32 bits per heavy atom. The Kier molecular flexibility index (Phi) is 3.29. The van der Waals surface area contributed by atoms with Gasteiger partial charge in [0.15, 0.2) is 5.82 Å². The largest absolute Gasteiger partial charge is 0.381 e. The van der Waals surface area contributed by atoms with Crippen molar-refractivity contribution in [3.8, 4) is 11.4 Å². The lowest BCUT2D eigenvalue weighted by molar-refractivity contribution is 0.920. The van der Waals surface area contributed by atoms with Gasteiger partial charge in [0, 0.05) is 24.8 Å². The molecule has 2 aromatic heterocycles. The number of hydrogen-bond donors (Lipinski definition) is 1. The molecule has 0 amide bonds. The van der Waals surface area contributed by atoms with Crippen LogP contribution in [0.5, 0.6) is 0 Å². The van der Waals surface area contributed by atoms with E-state index in [1.165, 1.54) is 5.56 Å². The molecule has 1 aromatic carbocycles. The molecule has 3 rings (SSSR count). The quantitative estimate of drug-likeness (QED) is 0.792. The number of rotatable bonds is 4. The van der Waals surface area contributed by atoms with E-state index >= 15 is 0 Å². The van der Waals surface area contributed by atoms with E-state index in [1.807, 2.05) is 23.7 Å². The molecule has 0 atom stereocenters. The second-order valence-electron chi connectivity index (χ2n) is 4.33. The average molecular weight is 270 g/mol. The standard InChI is InChI=1S/C14H14N4S/c1-18-10-16-17-14(18)12-3-2-4-13(7-12)15-8-11-5-6-19-9-11/h2-7,9-10,15H,8H2,1H3. The first-order chi connectivity index (χ1) is 9.33. The number of thiophene rings is 1. The van der Waals surface area contributed by atoms with Gasteiger partial charge in [-0.05, 0) is 34.5 Å². The molecule has 4 nitrogen and oxygen atoms in total. The maximum atomic E-state index is 4.12. The van der Waals surface area contributed by atoms with Crippen molar-refractivity contribution in [2.45, 2.75) is 6.54 Å². The van der Waals surface area contributed by atoms with E-state index in [-0.39, 0.29) is 0 Å². The summed E-state index contributed by atoms with van der Waals surface area (Å²) in [4.78, 5) is 0. The van der Waals surface area contributed by atoms with Crippen LogP contribution in [0.2, 0.25) is 0 Å². The van der Waals surface area contributed by atoms with Crippen LogP contribution in [-0.2, 0) is 13.6 Å². The third-order valence-corrected chi connectivity index (χ3v) is 3.64. The molecular weight excluding hydrogens is 256 g/mol. The Labute approximate surface area is 115 Å². The zero-order valence-electron chi connectivity index (χ0n) is 10.6. The third kappa shape index (κ3) is 2.66. The first-order valence-electron chi connectivity index (χ1n) is 6.02. The van der Waals surface area contributed by atoms with Crippen molar-refractivity contribution in [1.29, 1.82) is 0 Å².